The van der Waals surface area contributed by atoms with E-state index in [1.807, 2.05) is 12.1 Å². The molecule has 1 saturated heterocycles. The zero-order valence-corrected chi connectivity index (χ0v) is 26.7. The Labute approximate surface area is 269 Å². The molecule has 0 amide bonds. The van der Waals surface area contributed by atoms with Gasteiger partial charge in [-0.05, 0) is 36.6 Å². The van der Waals surface area contributed by atoms with E-state index < -0.39 is 23.8 Å². The maximum atomic E-state index is 13.6. The second-order valence-corrected chi connectivity index (χ2v) is 11.9. The summed E-state index contributed by atoms with van der Waals surface area (Å²) >= 11 is 13.0. The zero-order valence-electron chi connectivity index (χ0n) is 25.2. The van der Waals surface area contributed by atoms with Gasteiger partial charge >= 0.3 is 11.9 Å². The van der Waals surface area contributed by atoms with Crippen molar-refractivity contribution in [2.45, 2.75) is 25.8 Å². The fraction of sp³-hybridized carbons (Fsp3) is 0.343. The van der Waals surface area contributed by atoms with E-state index in [0.29, 0.717) is 28.5 Å². The number of hydrogen-bond acceptors (Lipinski definition) is 7. The summed E-state index contributed by atoms with van der Waals surface area (Å²) < 4.78 is 10.9. The highest BCUT2D eigenvalue weighted by Crippen LogP contribution is 2.44. The van der Waals surface area contributed by atoms with Crippen LogP contribution in [-0.2, 0) is 19.1 Å². The van der Waals surface area contributed by atoms with Crippen molar-refractivity contribution >= 4 is 40.9 Å². The molecule has 2 atom stereocenters. The minimum absolute atomic E-state index is 0.181. The van der Waals surface area contributed by atoms with Crippen molar-refractivity contribution in [1.82, 2.24) is 9.80 Å². The van der Waals surface area contributed by atoms with E-state index in [-0.39, 0.29) is 23.2 Å². The SMILES string of the molecule is COC(=O)C1C(C)=NC(C)=C(C(=O)OCCN2CCN(C(c3ccccc3)c3ccccc3)CC2)C1c1cccc(Cl)c1Cl. The predicted octanol–water partition coefficient (Wildman–Crippen LogP) is 6.57. The molecule has 0 aromatic heterocycles. The Morgan fingerprint density at radius 3 is 2.09 bits per heavy atom. The Morgan fingerprint density at radius 1 is 0.886 bits per heavy atom. The van der Waals surface area contributed by atoms with Crippen molar-refractivity contribution in [3.05, 3.63) is 117 Å². The lowest BCUT2D eigenvalue weighted by molar-refractivity contribution is -0.144. The molecule has 0 saturated carbocycles. The fourth-order valence-corrected chi connectivity index (χ4v) is 6.73. The third kappa shape index (κ3) is 6.92. The van der Waals surface area contributed by atoms with Crippen LogP contribution in [0.2, 0.25) is 10.0 Å². The molecule has 230 valence electrons. The predicted molar refractivity (Wildman–Crippen MR) is 174 cm³/mol. The van der Waals surface area contributed by atoms with Gasteiger partial charge in [-0.25, -0.2) is 4.79 Å². The lowest BCUT2D eigenvalue weighted by Gasteiger charge is -2.39. The highest BCUT2D eigenvalue weighted by Gasteiger charge is 2.43. The lowest BCUT2D eigenvalue weighted by Crippen LogP contribution is -2.48. The van der Waals surface area contributed by atoms with Crippen LogP contribution in [0.1, 0.15) is 42.5 Å². The molecule has 44 heavy (non-hydrogen) atoms. The summed E-state index contributed by atoms with van der Waals surface area (Å²) in [4.78, 5) is 35.9. The second kappa shape index (κ2) is 14.5. The number of carbonyl (C=O) groups is 2. The van der Waals surface area contributed by atoms with Crippen LogP contribution >= 0.6 is 23.2 Å². The molecule has 7 nitrogen and oxygen atoms in total. The summed E-state index contributed by atoms with van der Waals surface area (Å²) in [7, 11) is 1.32. The number of methoxy groups -OCH3 is 1. The third-order valence-electron chi connectivity index (χ3n) is 8.46. The Morgan fingerprint density at radius 2 is 1.50 bits per heavy atom. The third-order valence-corrected chi connectivity index (χ3v) is 9.30. The van der Waals surface area contributed by atoms with Crippen molar-refractivity contribution in [2.24, 2.45) is 10.9 Å². The maximum Gasteiger partial charge on any atom is 0.336 e. The summed E-state index contributed by atoms with van der Waals surface area (Å²) in [5.74, 6) is -2.61. The number of benzene rings is 3. The number of rotatable bonds is 9. The molecule has 9 heteroatoms. The van der Waals surface area contributed by atoms with Crippen LogP contribution in [0.5, 0.6) is 0 Å². The molecule has 0 radical (unpaired) electrons. The summed E-state index contributed by atoms with van der Waals surface area (Å²) in [5, 5.41) is 0.613. The van der Waals surface area contributed by atoms with Gasteiger partial charge in [-0.15, -0.1) is 0 Å². The van der Waals surface area contributed by atoms with Crippen molar-refractivity contribution in [1.29, 1.82) is 0 Å². The molecule has 3 aromatic carbocycles. The Balaban J connectivity index is 1.26. The van der Waals surface area contributed by atoms with E-state index in [9.17, 15) is 9.59 Å². The van der Waals surface area contributed by atoms with Gasteiger partial charge in [0.15, 0.2) is 0 Å². The number of hydrogen-bond donors (Lipinski definition) is 0. The number of aliphatic imine (C=N–C) groups is 1. The summed E-state index contributed by atoms with van der Waals surface area (Å²) in [6.07, 6.45) is 0. The summed E-state index contributed by atoms with van der Waals surface area (Å²) in [6, 6.07) is 26.6. The quantitative estimate of drug-likeness (QED) is 0.248. The average molecular weight is 635 g/mol. The first kappa shape index (κ1) is 31.9. The van der Waals surface area contributed by atoms with Crippen molar-refractivity contribution < 1.29 is 19.1 Å². The van der Waals surface area contributed by atoms with Crippen LogP contribution in [0.15, 0.2) is 95.1 Å². The molecular weight excluding hydrogens is 597 g/mol. The number of ether oxygens (including phenoxy) is 2. The van der Waals surface area contributed by atoms with Gasteiger partial charge in [0, 0.05) is 50.1 Å². The fourth-order valence-electron chi connectivity index (χ4n) is 6.31. The molecule has 2 heterocycles. The van der Waals surface area contributed by atoms with Crippen molar-refractivity contribution in [3.63, 3.8) is 0 Å². The number of carbonyl (C=O) groups excluding carboxylic acids is 2. The Hall–Kier alpha value is -3.49. The maximum absolute atomic E-state index is 13.6. The molecule has 2 unspecified atom stereocenters. The van der Waals surface area contributed by atoms with Crippen LogP contribution in [0.3, 0.4) is 0 Å². The minimum atomic E-state index is -0.836. The number of allylic oxidation sites excluding steroid dienone is 1. The Kier molecular flexibility index (Phi) is 10.5. The minimum Gasteiger partial charge on any atom is -0.468 e. The van der Waals surface area contributed by atoms with E-state index in [1.165, 1.54) is 18.2 Å². The topological polar surface area (TPSA) is 71.4 Å². The normalized spacial score (nSPS) is 19.5. The highest BCUT2D eigenvalue weighted by molar-refractivity contribution is 6.42. The Bertz CT molecular complexity index is 1500. The number of piperazine rings is 1. The molecule has 0 bridgehead atoms. The van der Waals surface area contributed by atoms with Gasteiger partial charge in [-0.1, -0.05) is 96.0 Å². The first-order valence-electron chi connectivity index (χ1n) is 14.8. The molecule has 0 aliphatic carbocycles. The molecule has 2 aliphatic rings. The van der Waals surface area contributed by atoms with Crippen LogP contribution in [0.4, 0.5) is 0 Å². The van der Waals surface area contributed by atoms with Crippen molar-refractivity contribution in [2.75, 3.05) is 46.4 Å². The second-order valence-electron chi connectivity index (χ2n) is 11.1. The number of halogens is 2. The molecule has 2 aliphatic heterocycles. The zero-order chi connectivity index (χ0) is 31.2. The lowest BCUT2D eigenvalue weighted by atomic mass is 9.75. The van der Waals surface area contributed by atoms with E-state index >= 15 is 0 Å². The first-order chi connectivity index (χ1) is 21.3. The van der Waals surface area contributed by atoms with Gasteiger partial charge in [0.2, 0.25) is 0 Å². The largest absolute Gasteiger partial charge is 0.468 e. The summed E-state index contributed by atoms with van der Waals surface area (Å²) in [5.41, 5.74) is 4.40. The van der Waals surface area contributed by atoms with Crippen LogP contribution in [0.25, 0.3) is 0 Å². The monoisotopic (exact) mass is 633 g/mol. The molecular formula is C35H37Cl2N3O4. The first-order valence-corrected chi connectivity index (χ1v) is 15.6. The van der Waals surface area contributed by atoms with Crippen LogP contribution in [-0.4, -0.2) is 73.9 Å². The number of nitrogens with zero attached hydrogens (tertiary/aromatic N) is 3. The van der Waals surface area contributed by atoms with Gasteiger partial charge < -0.3 is 9.47 Å². The van der Waals surface area contributed by atoms with E-state index in [4.69, 9.17) is 32.7 Å². The van der Waals surface area contributed by atoms with Crippen LogP contribution < -0.4 is 0 Å². The van der Waals surface area contributed by atoms with Gasteiger partial charge in [0.25, 0.3) is 0 Å². The van der Waals surface area contributed by atoms with Gasteiger partial charge in [0.05, 0.1) is 28.8 Å². The van der Waals surface area contributed by atoms with Crippen LogP contribution in [0, 0.1) is 5.92 Å². The standard InChI is InChI=1S/C35H37Cl2N3O4/c1-23-29(34(41)43-3)31(27-15-10-16-28(36)32(27)37)30(24(2)38-23)35(42)44-22-21-39-17-19-40(20-18-39)33(25-11-6-4-7-12-25)26-13-8-5-9-14-26/h4-16,29,31,33H,17-22H2,1-3H3. The van der Waals surface area contributed by atoms with Gasteiger partial charge in [-0.3, -0.25) is 19.6 Å². The summed E-state index contributed by atoms with van der Waals surface area (Å²) in [6.45, 7) is 7.77. The molecule has 1 fully saturated rings. The van der Waals surface area contributed by atoms with E-state index in [0.717, 1.165) is 26.2 Å². The van der Waals surface area contributed by atoms with Gasteiger partial charge in [0.1, 0.15) is 12.5 Å². The molecule has 0 N–H and O–H groups in total. The van der Waals surface area contributed by atoms with Gasteiger partial charge in [-0.2, -0.15) is 0 Å². The smallest absolute Gasteiger partial charge is 0.336 e. The average Bonchev–Trinajstić information content (AvgIpc) is 3.03. The highest BCUT2D eigenvalue weighted by atomic mass is 35.5. The molecule has 5 rings (SSSR count). The van der Waals surface area contributed by atoms with E-state index in [1.54, 1.807) is 32.0 Å². The molecule has 3 aromatic rings. The van der Waals surface area contributed by atoms with Crippen molar-refractivity contribution in [3.8, 4) is 0 Å². The number of esters is 2. The van der Waals surface area contributed by atoms with E-state index in [2.05, 4.69) is 63.3 Å². The molecule has 0 spiro atoms.